The Labute approximate surface area is 67.5 Å². The van der Waals surface area contributed by atoms with E-state index >= 15 is 0 Å². The van der Waals surface area contributed by atoms with Crippen LogP contribution in [-0.2, 0) is 14.7 Å². The first kappa shape index (κ1) is 10.2. The van der Waals surface area contributed by atoms with Gasteiger partial charge in [0, 0.05) is 12.4 Å². The third-order valence-electron chi connectivity index (χ3n) is 0.807. The zero-order valence-corrected chi connectivity index (χ0v) is 5.90. The van der Waals surface area contributed by atoms with Crippen LogP contribution in [0, 0.1) is 0 Å². The van der Waals surface area contributed by atoms with Crippen molar-refractivity contribution in [2.45, 2.75) is 6.42 Å². The molecule has 0 unspecified atom stereocenters. The summed E-state index contributed by atoms with van der Waals surface area (Å²) < 4.78 is 0. The first-order chi connectivity index (χ1) is 5.43. The third-order valence-corrected chi connectivity index (χ3v) is 0.807. The summed E-state index contributed by atoms with van der Waals surface area (Å²) in [6.45, 7) is 2.74. The van der Waals surface area contributed by atoms with Crippen LogP contribution in [0.5, 0.6) is 0 Å². The summed E-state index contributed by atoms with van der Waals surface area (Å²) in [4.78, 5) is 22.7. The van der Waals surface area contributed by atoms with Crippen LogP contribution >= 0.6 is 0 Å². The largest absolute Gasteiger partial charge is 0.859 e. The van der Waals surface area contributed by atoms with Gasteiger partial charge in [0.05, 0.1) is 0 Å². The van der Waals surface area contributed by atoms with E-state index < -0.39 is 30.0 Å². The molecular weight excluding hydrogens is 166 g/mol. The molecule has 0 aliphatic heterocycles. The number of aliphatic imine (C=N–C) groups is 1. The predicted octanol–water partition coefficient (Wildman–Crippen LogP) is -2.64. The van der Waals surface area contributed by atoms with Gasteiger partial charge in [0.15, 0.2) is 0 Å². The van der Waals surface area contributed by atoms with E-state index in [0.29, 0.717) is 0 Å². The van der Waals surface area contributed by atoms with Gasteiger partial charge in [-0.05, 0) is 5.88 Å². The third kappa shape index (κ3) is 4.04. The Morgan fingerprint density at radius 2 is 1.83 bits per heavy atom. The van der Waals surface area contributed by atoms with Crippen molar-refractivity contribution in [2.75, 3.05) is 0 Å². The molecule has 0 saturated heterocycles. The number of carboxylic acid groups (broad SMARTS) is 1. The maximum absolute atomic E-state index is 10.1. The molecule has 0 N–H and O–H groups in total. The van der Waals surface area contributed by atoms with Crippen molar-refractivity contribution >= 4 is 17.7 Å². The molecule has 0 heterocycles. The molecule has 1 radical (unpaired) electrons. The van der Waals surface area contributed by atoms with Crippen molar-refractivity contribution < 1.29 is 24.9 Å². The van der Waals surface area contributed by atoms with Crippen molar-refractivity contribution in [3.05, 3.63) is 12.5 Å². The second-order valence-electron chi connectivity index (χ2n) is 1.79. The summed E-state index contributed by atoms with van der Waals surface area (Å²) in [5.41, 5.74) is -0.894. The summed E-state index contributed by atoms with van der Waals surface area (Å²) in [5.74, 6) is -4.52. The Morgan fingerprint density at radius 3 is 2.08 bits per heavy atom. The van der Waals surface area contributed by atoms with Crippen LogP contribution in [-0.4, -0.2) is 17.7 Å². The van der Waals surface area contributed by atoms with Crippen molar-refractivity contribution in [3.63, 3.8) is 0 Å². The van der Waals surface area contributed by atoms with Gasteiger partial charge in [0.25, 0.3) is 0 Å². The highest BCUT2D eigenvalue weighted by molar-refractivity contribution is 6.38. The Balaban J connectivity index is 4.55. The molecule has 6 heteroatoms. The molecule has 0 aromatic rings. The summed E-state index contributed by atoms with van der Waals surface area (Å²) in [7, 11) is 0. The van der Waals surface area contributed by atoms with E-state index in [-0.39, 0.29) is 0 Å². The van der Waals surface area contributed by atoms with Gasteiger partial charge in [-0.1, -0.05) is 6.58 Å². The summed E-state index contributed by atoms with van der Waals surface area (Å²) in [6, 6.07) is 0. The molecule has 0 fully saturated rings. The van der Waals surface area contributed by atoms with E-state index in [1.807, 2.05) is 0 Å². The highest BCUT2D eigenvalue weighted by atomic mass is 16.4. The van der Waals surface area contributed by atoms with E-state index in [4.69, 9.17) is 0 Å². The quantitative estimate of drug-likeness (QED) is 0.338. The van der Waals surface area contributed by atoms with Crippen molar-refractivity contribution in [2.24, 2.45) is 4.99 Å². The standard InChI is InChI=1S/C6H6NO5/c1-3(8)7-4(6(11)12)2-5(9)10/h8H,1-2H2,(H,9,10)/p-2. The van der Waals surface area contributed by atoms with Crippen molar-refractivity contribution in [1.82, 2.24) is 0 Å². The molecule has 0 amide bonds. The van der Waals surface area contributed by atoms with Crippen LogP contribution in [0.4, 0.5) is 0 Å². The number of rotatable bonds is 4. The number of aliphatic carboxylic acids is 1. The lowest BCUT2D eigenvalue weighted by molar-refractivity contribution is -0.304. The van der Waals surface area contributed by atoms with Crippen molar-refractivity contribution in [3.8, 4) is 0 Å². The zero-order valence-electron chi connectivity index (χ0n) is 5.90. The van der Waals surface area contributed by atoms with Crippen LogP contribution in [0.15, 0.2) is 17.5 Å². The van der Waals surface area contributed by atoms with Gasteiger partial charge < -0.3 is 15.0 Å². The summed E-state index contributed by atoms with van der Waals surface area (Å²) >= 11 is 0. The topological polar surface area (TPSA) is 113 Å². The monoisotopic (exact) mass is 170 g/mol. The highest BCUT2D eigenvalue weighted by Gasteiger charge is 2.10. The van der Waals surface area contributed by atoms with Crippen molar-refractivity contribution in [1.29, 1.82) is 0 Å². The fourth-order valence-electron chi connectivity index (χ4n) is 0.445. The van der Waals surface area contributed by atoms with Crippen LogP contribution in [0.2, 0.25) is 0 Å². The minimum Gasteiger partial charge on any atom is -0.859 e. The number of nitrogens with zero attached hydrogens (tertiary/aromatic N) is 1. The number of hydrogen-bond acceptors (Lipinski definition) is 5. The normalized spacial score (nSPS) is 10.8. The Hall–Kier alpha value is -1.85. The number of carboxylic acids is 1. The maximum Gasteiger partial charge on any atom is 0.400 e. The summed E-state index contributed by atoms with van der Waals surface area (Å²) in [6.07, 6.45) is -0.969. The Bertz CT molecular complexity index is 255. The average Bonchev–Trinajstić information content (AvgIpc) is 1.83. The van der Waals surface area contributed by atoms with Gasteiger partial charge in [-0.15, -0.1) is 0 Å². The fraction of sp³-hybridized carbons (Fsp3) is 0.167. The van der Waals surface area contributed by atoms with Gasteiger partial charge in [0.2, 0.25) is 0 Å². The lowest BCUT2D eigenvalue weighted by Crippen LogP contribution is -2.28. The molecular formula is C6H4NO5-2. The smallest absolute Gasteiger partial charge is 0.400 e. The first-order valence-electron chi connectivity index (χ1n) is 2.78. The minimum absolute atomic E-state index is 0.894. The second-order valence-corrected chi connectivity index (χ2v) is 1.79. The molecule has 0 aromatic heterocycles. The van der Waals surface area contributed by atoms with Gasteiger partial charge >= 0.3 is 5.97 Å². The SMILES string of the molecule is C=C([O-])N=C(CC(=O)[O-])C([O])=O. The average molecular weight is 170 g/mol. The molecule has 0 spiro atoms. The Kier molecular flexibility index (Phi) is 3.48. The van der Waals surface area contributed by atoms with Gasteiger partial charge in [-0.2, -0.15) is 0 Å². The highest BCUT2D eigenvalue weighted by Crippen LogP contribution is 1.90. The molecule has 0 saturated carbocycles. The second kappa shape index (κ2) is 4.12. The molecule has 0 aliphatic carbocycles. The predicted molar refractivity (Wildman–Crippen MR) is 31.9 cm³/mol. The van der Waals surface area contributed by atoms with Gasteiger partial charge in [-0.25, -0.2) is 9.90 Å². The molecule has 0 rings (SSSR count). The summed E-state index contributed by atoms with van der Waals surface area (Å²) in [5, 5.41) is 30.1. The van der Waals surface area contributed by atoms with Gasteiger partial charge in [-0.3, -0.25) is 4.99 Å². The minimum atomic E-state index is -1.82. The molecule has 0 bridgehead atoms. The van der Waals surface area contributed by atoms with Gasteiger partial charge in [0.1, 0.15) is 5.71 Å². The van der Waals surface area contributed by atoms with Crippen LogP contribution in [0.3, 0.4) is 0 Å². The zero-order chi connectivity index (χ0) is 9.72. The lowest BCUT2D eigenvalue weighted by Gasteiger charge is -2.05. The van der Waals surface area contributed by atoms with E-state index in [9.17, 15) is 24.9 Å². The molecule has 12 heavy (non-hydrogen) atoms. The molecule has 6 nitrogen and oxygen atoms in total. The fourth-order valence-corrected chi connectivity index (χ4v) is 0.445. The van der Waals surface area contributed by atoms with E-state index in [1.165, 1.54) is 0 Å². The maximum atomic E-state index is 10.1. The molecule has 65 valence electrons. The number of hydrogen-bond donors (Lipinski definition) is 0. The molecule has 0 aliphatic rings. The lowest BCUT2D eigenvalue weighted by atomic mass is 10.3. The number of carbonyl (C=O) groups excluding carboxylic acids is 2. The molecule has 0 atom stereocenters. The first-order valence-corrected chi connectivity index (χ1v) is 2.78. The number of carbonyl (C=O) groups is 2. The van der Waals surface area contributed by atoms with E-state index in [0.717, 1.165) is 0 Å². The van der Waals surface area contributed by atoms with Crippen LogP contribution in [0.25, 0.3) is 0 Å². The van der Waals surface area contributed by atoms with E-state index in [2.05, 4.69) is 11.6 Å². The Morgan fingerprint density at radius 1 is 1.33 bits per heavy atom. The van der Waals surface area contributed by atoms with Crippen LogP contribution in [0.1, 0.15) is 6.42 Å². The van der Waals surface area contributed by atoms with E-state index in [1.54, 1.807) is 0 Å². The molecule has 0 aromatic carbocycles. The van der Waals surface area contributed by atoms with Crippen LogP contribution < -0.4 is 10.2 Å².